The number of guanidine groups is 1. The second-order valence-electron chi connectivity index (χ2n) is 5.15. The van der Waals surface area contributed by atoms with E-state index in [9.17, 15) is 0 Å². The fourth-order valence-electron chi connectivity index (χ4n) is 1.84. The van der Waals surface area contributed by atoms with Gasteiger partial charge in [-0.15, -0.1) is 46.7 Å². The fraction of sp³-hybridized carbons (Fsp3) is 0.533. The third-order valence-electron chi connectivity index (χ3n) is 3.00. The van der Waals surface area contributed by atoms with E-state index in [1.165, 1.54) is 0 Å². The molecule has 0 spiro atoms. The van der Waals surface area contributed by atoms with Gasteiger partial charge in [0.15, 0.2) is 11.1 Å². The molecule has 134 valence electrons. The first-order valence-corrected chi connectivity index (χ1v) is 9.45. The van der Waals surface area contributed by atoms with Crippen molar-refractivity contribution >= 4 is 57.7 Å². The molecular formula is C15H25IN6S2. The number of halogens is 1. The van der Waals surface area contributed by atoms with Crippen LogP contribution in [0, 0.1) is 0 Å². The first kappa shape index (κ1) is 21.1. The molecule has 9 heteroatoms. The summed E-state index contributed by atoms with van der Waals surface area (Å²) >= 11 is 3.34. The standard InChI is InChI=1S/C15H24N6S2.HI/c1-5-13-19-11(9-22-13)7-17-14(16-6-2)18-8-12-10-23-15(20-12)21(3)4;/h9-10H,5-8H2,1-4H3,(H2,16,17,18);1H. The quantitative estimate of drug-likeness (QED) is 0.362. The van der Waals surface area contributed by atoms with Crippen LogP contribution >= 0.6 is 46.7 Å². The SMILES string of the molecule is CCNC(=NCc1csc(CC)n1)NCc1csc(N(C)C)n1.I. The third kappa shape index (κ3) is 6.52. The molecule has 0 aromatic carbocycles. The average Bonchev–Trinajstić information content (AvgIpc) is 3.19. The molecule has 6 nitrogen and oxygen atoms in total. The monoisotopic (exact) mass is 480 g/mol. The van der Waals surface area contributed by atoms with Crippen LogP contribution in [0.2, 0.25) is 0 Å². The van der Waals surface area contributed by atoms with Gasteiger partial charge < -0.3 is 15.5 Å². The minimum absolute atomic E-state index is 0. The van der Waals surface area contributed by atoms with Gasteiger partial charge in [-0.05, 0) is 13.3 Å². The van der Waals surface area contributed by atoms with Crippen molar-refractivity contribution in [1.29, 1.82) is 0 Å². The minimum atomic E-state index is 0. The Labute approximate surface area is 168 Å². The molecule has 0 saturated heterocycles. The molecule has 0 unspecified atom stereocenters. The summed E-state index contributed by atoms with van der Waals surface area (Å²) in [4.78, 5) is 15.7. The highest BCUT2D eigenvalue weighted by Crippen LogP contribution is 2.17. The summed E-state index contributed by atoms with van der Waals surface area (Å²) in [6, 6.07) is 0. The van der Waals surface area contributed by atoms with Crippen LogP contribution in [-0.2, 0) is 19.5 Å². The molecule has 2 N–H and O–H groups in total. The predicted octanol–water partition coefficient (Wildman–Crippen LogP) is 3.10. The lowest BCUT2D eigenvalue weighted by molar-refractivity contribution is 0.799. The van der Waals surface area contributed by atoms with Crippen molar-refractivity contribution in [3.05, 3.63) is 27.2 Å². The van der Waals surface area contributed by atoms with E-state index in [0.717, 1.165) is 40.5 Å². The van der Waals surface area contributed by atoms with Gasteiger partial charge in [-0.3, -0.25) is 0 Å². The molecule has 0 atom stereocenters. The van der Waals surface area contributed by atoms with Crippen molar-refractivity contribution in [1.82, 2.24) is 20.6 Å². The van der Waals surface area contributed by atoms with Crippen molar-refractivity contribution in [2.45, 2.75) is 33.4 Å². The molecule has 0 amide bonds. The van der Waals surface area contributed by atoms with E-state index >= 15 is 0 Å². The molecule has 0 fully saturated rings. The Morgan fingerprint density at radius 2 is 1.88 bits per heavy atom. The molecule has 2 heterocycles. The molecule has 0 aliphatic rings. The molecule has 2 rings (SSSR count). The van der Waals surface area contributed by atoms with Crippen molar-refractivity contribution in [3.63, 3.8) is 0 Å². The number of hydrogen-bond acceptors (Lipinski definition) is 6. The zero-order chi connectivity index (χ0) is 16.7. The van der Waals surface area contributed by atoms with Crippen LogP contribution in [0.15, 0.2) is 15.8 Å². The Bertz CT molecular complexity index is 637. The number of hydrogen-bond donors (Lipinski definition) is 2. The van der Waals surface area contributed by atoms with E-state index in [1.807, 2.05) is 19.0 Å². The Balaban J connectivity index is 0.00000288. The van der Waals surface area contributed by atoms with Crippen LogP contribution < -0.4 is 15.5 Å². The lowest BCUT2D eigenvalue weighted by atomic mass is 10.4. The van der Waals surface area contributed by atoms with Gasteiger partial charge in [0.1, 0.15) is 0 Å². The van der Waals surface area contributed by atoms with E-state index in [2.05, 4.69) is 50.2 Å². The number of aromatic nitrogens is 2. The number of nitrogens with zero attached hydrogens (tertiary/aromatic N) is 4. The lowest BCUT2D eigenvalue weighted by Gasteiger charge is -2.10. The van der Waals surface area contributed by atoms with E-state index in [4.69, 9.17) is 0 Å². The van der Waals surface area contributed by atoms with Gasteiger partial charge >= 0.3 is 0 Å². The van der Waals surface area contributed by atoms with Gasteiger partial charge in [-0.2, -0.15) is 0 Å². The van der Waals surface area contributed by atoms with Crippen molar-refractivity contribution in [2.75, 3.05) is 25.5 Å². The topological polar surface area (TPSA) is 65.4 Å². The first-order valence-electron chi connectivity index (χ1n) is 7.69. The lowest BCUT2D eigenvalue weighted by Crippen LogP contribution is -2.36. The van der Waals surface area contributed by atoms with Crippen molar-refractivity contribution in [2.24, 2.45) is 4.99 Å². The van der Waals surface area contributed by atoms with Crippen molar-refractivity contribution < 1.29 is 0 Å². The number of aryl methyl sites for hydroxylation is 1. The molecule has 24 heavy (non-hydrogen) atoms. The highest BCUT2D eigenvalue weighted by atomic mass is 127. The maximum Gasteiger partial charge on any atom is 0.191 e. The van der Waals surface area contributed by atoms with Gasteiger partial charge in [0.05, 0.1) is 29.5 Å². The fourth-order valence-corrected chi connectivity index (χ4v) is 3.34. The van der Waals surface area contributed by atoms with Gasteiger partial charge in [0.2, 0.25) is 0 Å². The summed E-state index contributed by atoms with van der Waals surface area (Å²) in [6.45, 7) is 6.25. The molecular weight excluding hydrogens is 455 g/mol. The van der Waals surface area contributed by atoms with Crippen LogP contribution in [0.25, 0.3) is 0 Å². The van der Waals surface area contributed by atoms with Crippen molar-refractivity contribution in [3.8, 4) is 0 Å². The smallest absolute Gasteiger partial charge is 0.191 e. The summed E-state index contributed by atoms with van der Waals surface area (Å²) in [6.07, 6.45) is 0.977. The highest BCUT2D eigenvalue weighted by Gasteiger charge is 2.05. The molecule has 2 aromatic heterocycles. The molecule has 0 aliphatic heterocycles. The van der Waals surface area contributed by atoms with Crippen LogP contribution in [0.3, 0.4) is 0 Å². The van der Waals surface area contributed by atoms with Gasteiger partial charge in [-0.1, -0.05) is 6.92 Å². The zero-order valence-corrected chi connectivity index (χ0v) is 18.5. The number of anilines is 1. The maximum atomic E-state index is 4.59. The molecule has 0 bridgehead atoms. The molecule has 0 radical (unpaired) electrons. The predicted molar refractivity (Wildman–Crippen MR) is 115 cm³/mol. The van der Waals surface area contributed by atoms with E-state index in [0.29, 0.717) is 13.1 Å². The largest absolute Gasteiger partial charge is 0.357 e. The number of rotatable bonds is 7. The van der Waals surface area contributed by atoms with Gasteiger partial charge in [-0.25, -0.2) is 15.0 Å². The normalized spacial score (nSPS) is 11.1. The molecule has 2 aromatic rings. The summed E-state index contributed by atoms with van der Waals surface area (Å²) in [5, 5.41) is 12.9. The third-order valence-corrected chi connectivity index (χ3v) is 5.10. The number of aliphatic imine (C=N–C) groups is 1. The Kier molecular flexibility index (Phi) is 9.52. The summed E-state index contributed by atoms with van der Waals surface area (Å²) in [7, 11) is 4.00. The summed E-state index contributed by atoms with van der Waals surface area (Å²) in [5.41, 5.74) is 2.04. The highest BCUT2D eigenvalue weighted by molar-refractivity contribution is 14.0. The Morgan fingerprint density at radius 3 is 2.46 bits per heavy atom. The summed E-state index contributed by atoms with van der Waals surface area (Å²) < 4.78 is 0. The molecule has 0 aliphatic carbocycles. The Hall–Kier alpha value is -0.940. The number of nitrogens with one attached hydrogen (secondary N) is 2. The van der Waals surface area contributed by atoms with Crippen LogP contribution in [0.5, 0.6) is 0 Å². The van der Waals surface area contributed by atoms with Crippen LogP contribution in [0.1, 0.15) is 30.2 Å². The molecule has 0 saturated carbocycles. The van der Waals surface area contributed by atoms with Crippen LogP contribution in [0.4, 0.5) is 5.13 Å². The van der Waals surface area contributed by atoms with E-state index < -0.39 is 0 Å². The maximum absolute atomic E-state index is 4.59. The number of thiazole rings is 2. The minimum Gasteiger partial charge on any atom is -0.357 e. The Morgan fingerprint density at radius 1 is 1.12 bits per heavy atom. The van der Waals surface area contributed by atoms with E-state index in [-0.39, 0.29) is 24.0 Å². The summed E-state index contributed by atoms with van der Waals surface area (Å²) in [5.74, 6) is 0.790. The average molecular weight is 480 g/mol. The first-order chi connectivity index (χ1) is 11.1. The van der Waals surface area contributed by atoms with E-state index in [1.54, 1.807) is 22.7 Å². The van der Waals surface area contributed by atoms with Gasteiger partial charge in [0, 0.05) is 31.4 Å². The second-order valence-corrected chi connectivity index (χ2v) is 6.93. The second kappa shape index (κ2) is 10.8. The van der Waals surface area contributed by atoms with Crippen LogP contribution in [-0.4, -0.2) is 36.6 Å². The van der Waals surface area contributed by atoms with Gasteiger partial charge in [0.25, 0.3) is 0 Å². The zero-order valence-electron chi connectivity index (χ0n) is 14.5.